The first-order valence-corrected chi connectivity index (χ1v) is 11.6. The van der Waals surface area contributed by atoms with E-state index < -0.39 is 0 Å². The Morgan fingerprint density at radius 3 is 2.43 bits per heavy atom. The number of carbonyl (C=O) groups excluding carboxylic acids is 1. The van der Waals surface area contributed by atoms with Crippen molar-refractivity contribution in [3.8, 4) is 23.1 Å². The van der Waals surface area contributed by atoms with Gasteiger partial charge in [-0.1, -0.05) is 24.3 Å². The lowest BCUT2D eigenvalue weighted by atomic mass is 10.1. The van der Waals surface area contributed by atoms with Crippen LogP contribution in [0, 0.1) is 12.7 Å². The molecule has 178 valence electrons. The second kappa shape index (κ2) is 9.62. The molecule has 0 unspecified atom stereocenters. The van der Waals surface area contributed by atoms with Gasteiger partial charge in [-0.15, -0.1) is 0 Å². The zero-order valence-electron chi connectivity index (χ0n) is 19.6. The van der Waals surface area contributed by atoms with Gasteiger partial charge in [0.15, 0.2) is 0 Å². The maximum atomic E-state index is 13.4. The number of nitrogens with zero attached hydrogens (tertiary/aromatic N) is 3. The Morgan fingerprint density at radius 2 is 1.74 bits per heavy atom. The fraction of sp³-hybridized carbons (Fsp3) is 0.214. The van der Waals surface area contributed by atoms with E-state index in [0.29, 0.717) is 29.5 Å². The number of carbonyl (C=O) groups is 1. The molecule has 1 fully saturated rings. The molecule has 1 aliphatic rings. The van der Waals surface area contributed by atoms with Crippen LogP contribution < -0.4 is 9.47 Å². The summed E-state index contributed by atoms with van der Waals surface area (Å²) in [7, 11) is 1.61. The van der Waals surface area contributed by atoms with E-state index in [0.717, 1.165) is 29.8 Å². The molecule has 0 spiro atoms. The van der Waals surface area contributed by atoms with E-state index in [4.69, 9.17) is 14.6 Å². The molecule has 1 aliphatic carbocycles. The van der Waals surface area contributed by atoms with Crippen molar-refractivity contribution in [3.05, 3.63) is 102 Å². The number of benzene rings is 3. The first-order chi connectivity index (χ1) is 17.0. The molecule has 1 aromatic heterocycles. The number of aryl methyl sites for hydroxylation is 1. The van der Waals surface area contributed by atoms with Gasteiger partial charge < -0.3 is 14.4 Å². The van der Waals surface area contributed by atoms with Gasteiger partial charge in [-0.05, 0) is 68.3 Å². The van der Waals surface area contributed by atoms with Gasteiger partial charge in [0.1, 0.15) is 17.3 Å². The molecule has 4 aromatic rings. The summed E-state index contributed by atoms with van der Waals surface area (Å²) in [6.07, 6.45) is 1.87. The van der Waals surface area contributed by atoms with Crippen LogP contribution in [-0.4, -0.2) is 33.7 Å². The largest absolute Gasteiger partial charge is 0.497 e. The molecule has 0 saturated heterocycles. The maximum absolute atomic E-state index is 13.4. The van der Waals surface area contributed by atoms with Gasteiger partial charge in [0, 0.05) is 17.7 Å². The van der Waals surface area contributed by atoms with Gasteiger partial charge in [-0.3, -0.25) is 4.79 Å². The van der Waals surface area contributed by atoms with Crippen molar-refractivity contribution < 1.29 is 18.7 Å². The molecule has 0 bridgehead atoms. The van der Waals surface area contributed by atoms with Crippen molar-refractivity contribution in [3.63, 3.8) is 0 Å². The highest BCUT2D eigenvalue weighted by molar-refractivity contribution is 5.94. The number of methoxy groups -OCH3 is 1. The zero-order chi connectivity index (χ0) is 24.4. The topological polar surface area (TPSA) is 56.6 Å². The van der Waals surface area contributed by atoms with E-state index in [2.05, 4.69) is 0 Å². The van der Waals surface area contributed by atoms with Crippen LogP contribution in [0.2, 0.25) is 0 Å². The number of hydrogen-bond acceptors (Lipinski definition) is 4. The zero-order valence-corrected chi connectivity index (χ0v) is 19.6. The average Bonchev–Trinajstić information content (AvgIpc) is 3.68. The monoisotopic (exact) mass is 471 g/mol. The third-order valence-corrected chi connectivity index (χ3v) is 6.06. The molecule has 1 saturated carbocycles. The van der Waals surface area contributed by atoms with Gasteiger partial charge >= 0.3 is 0 Å². The third-order valence-electron chi connectivity index (χ3n) is 6.06. The molecule has 6 nitrogen and oxygen atoms in total. The molecule has 7 heteroatoms. The molecule has 0 N–H and O–H groups in total. The van der Waals surface area contributed by atoms with E-state index in [9.17, 15) is 9.18 Å². The molecule has 1 amide bonds. The molecule has 35 heavy (non-hydrogen) atoms. The number of rotatable bonds is 8. The molecule has 3 aromatic carbocycles. The summed E-state index contributed by atoms with van der Waals surface area (Å²) in [5.74, 6) is 1.32. The van der Waals surface area contributed by atoms with Gasteiger partial charge in [0.25, 0.3) is 5.91 Å². The van der Waals surface area contributed by atoms with E-state index in [1.165, 1.54) is 24.3 Å². The van der Waals surface area contributed by atoms with Crippen molar-refractivity contribution in [1.29, 1.82) is 0 Å². The smallest absolute Gasteiger partial charge is 0.254 e. The van der Waals surface area contributed by atoms with E-state index in [-0.39, 0.29) is 17.8 Å². The first kappa shape index (κ1) is 22.7. The minimum absolute atomic E-state index is 0.133. The third kappa shape index (κ3) is 4.89. The summed E-state index contributed by atoms with van der Waals surface area (Å²) in [6, 6.07) is 22.9. The molecule has 0 radical (unpaired) electrons. The van der Waals surface area contributed by atoms with Crippen LogP contribution in [0.15, 0.2) is 78.9 Å². The van der Waals surface area contributed by atoms with Crippen molar-refractivity contribution >= 4 is 5.91 Å². The average molecular weight is 472 g/mol. The number of halogens is 1. The van der Waals surface area contributed by atoms with Crippen LogP contribution in [0.4, 0.5) is 4.39 Å². The number of hydrogen-bond donors (Lipinski definition) is 0. The van der Waals surface area contributed by atoms with Crippen LogP contribution in [0.3, 0.4) is 0 Å². The van der Waals surface area contributed by atoms with Crippen LogP contribution in [0.25, 0.3) is 5.69 Å². The van der Waals surface area contributed by atoms with Crippen LogP contribution in [0.1, 0.15) is 34.5 Å². The Morgan fingerprint density at radius 1 is 1.03 bits per heavy atom. The van der Waals surface area contributed by atoms with Crippen molar-refractivity contribution in [2.24, 2.45) is 0 Å². The SMILES string of the molecule is COc1cccc(Oc2c(CN(C(=O)c3ccc(F)cc3)C3CC3)c(C)nn2-c2ccccc2)c1. The van der Waals surface area contributed by atoms with E-state index in [1.54, 1.807) is 11.8 Å². The predicted molar refractivity (Wildman–Crippen MR) is 131 cm³/mol. The number of ether oxygens (including phenoxy) is 2. The summed E-state index contributed by atoms with van der Waals surface area (Å²) in [5.41, 5.74) is 2.90. The van der Waals surface area contributed by atoms with Gasteiger partial charge in [-0.25, -0.2) is 9.07 Å². The summed E-state index contributed by atoms with van der Waals surface area (Å²) >= 11 is 0. The second-order valence-corrected chi connectivity index (χ2v) is 8.57. The number of para-hydroxylation sites is 1. The summed E-state index contributed by atoms with van der Waals surface area (Å²) in [6.45, 7) is 2.25. The molecule has 0 aliphatic heterocycles. The highest BCUT2D eigenvalue weighted by Gasteiger charge is 2.35. The quantitative estimate of drug-likeness (QED) is 0.320. The highest BCUT2D eigenvalue weighted by atomic mass is 19.1. The number of amides is 1. The second-order valence-electron chi connectivity index (χ2n) is 8.57. The van der Waals surface area contributed by atoms with Crippen LogP contribution in [-0.2, 0) is 6.54 Å². The minimum Gasteiger partial charge on any atom is -0.497 e. The lowest BCUT2D eigenvalue weighted by Gasteiger charge is -2.23. The summed E-state index contributed by atoms with van der Waals surface area (Å²) < 4.78 is 26.9. The standard InChI is InChI=1S/C28H26FN3O3/c1-19-26(18-31(22-15-16-22)27(33)20-11-13-21(29)14-12-20)28(32(30-19)23-7-4-3-5-8-23)35-25-10-6-9-24(17-25)34-2/h3-14,17,22H,15-16,18H2,1-2H3. The fourth-order valence-corrected chi connectivity index (χ4v) is 4.03. The Hall–Kier alpha value is -4.13. The molecular formula is C28H26FN3O3. The summed E-state index contributed by atoms with van der Waals surface area (Å²) in [4.78, 5) is 15.2. The molecule has 0 atom stereocenters. The Bertz CT molecular complexity index is 1330. The predicted octanol–water partition coefficient (Wildman–Crippen LogP) is 5.93. The number of aromatic nitrogens is 2. The fourth-order valence-electron chi connectivity index (χ4n) is 4.03. The highest BCUT2D eigenvalue weighted by Crippen LogP contribution is 2.36. The normalized spacial score (nSPS) is 12.9. The Kier molecular flexibility index (Phi) is 6.23. The summed E-state index contributed by atoms with van der Waals surface area (Å²) in [5, 5.41) is 4.77. The molecule has 5 rings (SSSR count). The van der Waals surface area contributed by atoms with E-state index >= 15 is 0 Å². The van der Waals surface area contributed by atoms with Crippen molar-refractivity contribution in [1.82, 2.24) is 14.7 Å². The minimum atomic E-state index is -0.367. The molecular weight excluding hydrogens is 445 g/mol. The Balaban J connectivity index is 1.54. The first-order valence-electron chi connectivity index (χ1n) is 11.6. The lowest BCUT2D eigenvalue weighted by Crippen LogP contribution is -2.32. The Labute approximate surface area is 203 Å². The van der Waals surface area contributed by atoms with Crippen molar-refractivity contribution in [2.75, 3.05) is 7.11 Å². The van der Waals surface area contributed by atoms with Crippen LogP contribution >= 0.6 is 0 Å². The van der Waals surface area contributed by atoms with Gasteiger partial charge in [0.05, 0.1) is 30.6 Å². The van der Waals surface area contributed by atoms with Crippen molar-refractivity contribution in [2.45, 2.75) is 32.4 Å². The van der Waals surface area contributed by atoms with Crippen LogP contribution in [0.5, 0.6) is 17.4 Å². The van der Waals surface area contributed by atoms with Gasteiger partial charge in [-0.2, -0.15) is 5.10 Å². The lowest BCUT2D eigenvalue weighted by molar-refractivity contribution is 0.0728. The maximum Gasteiger partial charge on any atom is 0.254 e. The van der Waals surface area contributed by atoms with Gasteiger partial charge in [0.2, 0.25) is 5.88 Å². The van der Waals surface area contributed by atoms with E-state index in [1.807, 2.05) is 66.4 Å². The molecule has 1 heterocycles.